The topological polar surface area (TPSA) is 75.3 Å². The Balaban J connectivity index is 2.05. The largest absolute Gasteiger partial charge is 0.325 e. The fraction of sp³-hybridized carbons (Fsp3) is 0.235. The van der Waals surface area contributed by atoms with Gasteiger partial charge in [-0.05, 0) is 45.0 Å². The summed E-state index contributed by atoms with van der Waals surface area (Å²) < 4.78 is 26.9. The molecule has 2 aromatic rings. The number of sulfonamides is 1. The van der Waals surface area contributed by atoms with Gasteiger partial charge in [0.1, 0.15) is 0 Å². The van der Waals surface area contributed by atoms with Crippen LogP contribution in [0.4, 0.5) is 5.69 Å². The molecular weight excluding hydrogens is 312 g/mol. The van der Waals surface area contributed by atoms with Gasteiger partial charge in [0.15, 0.2) is 0 Å². The predicted molar refractivity (Wildman–Crippen MR) is 90.8 cm³/mol. The smallest absolute Gasteiger partial charge is 0.242 e. The van der Waals surface area contributed by atoms with Gasteiger partial charge < -0.3 is 5.32 Å². The highest BCUT2D eigenvalue weighted by Gasteiger charge is 2.21. The van der Waals surface area contributed by atoms with Crippen molar-refractivity contribution < 1.29 is 13.2 Å². The van der Waals surface area contributed by atoms with Crippen molar-refractivity contribution in [2.45, 2.75) is 31.7 Å². The molecule has 6 heteroatoms. The molecule has 0 bridgehead atoms. The zero-order valence-electron chi connectivity index (χ0n) is 13.3. The Labute approximate surface area is 136 Å². The zero-order valence-corrected chi connectivity index (χ0v) is 14.1. The lowest BCUT2D eigenvalue weighted by molar-refractivity contribution is -0.117. The standard InChI is InChI=1S/C17H20N2O3S/c1-12-4-8-15(9-5-12)18-17(20)14(3)19-23(21,22)16-10-6-13(2)7-11-16/h4-11,14,19H,1-3H3,(H,18,20)/t14-/m1/s1. The molecule has 2 rings (SSSR count). The molecule has 1 atom stereocenters. The van der Waals surface area contributed by atoms with E-state index in [9.17, 15) is 13.2 Å². The Bertz CT molecular complexity index is 782. The number of hydrogen-bond donors (Lipinski definition) is 2. The summed E-state index contributed by atoms with van der Waals surface area (Å²) in [5.74, 6) is -0.412. The fourth-order valence-corrected chi connectivity index (χ4v) is 3.16. The van der Waals surface area contributed by atoms with Crippen LogP contribution in [0.2, 0.25) is 0 Å². The van der Waals surface area contributed by atoms with Crippen molar-refractivity contribution in [2.75, 3.05) is 5.32 Å². The van der Waals surface area contributed by atoms with E-state index in [1.165, 1.54) is 19.1 Å². The van der Waals surface area contributed by atoms with Crippen LogP contribution in [-0.4, -0.2) is 20.4 Å². The minimum absolute atomic E-state index is 0.137. The van der Waals surface area contributed by atoms with Crippen LogP contribution in [0.1, 0.15) is 18.1 Å². The van der Waals surface area contributed by atoms with E-state index in [-0.39, 0.29) is 4.90 Å². The minimum atomic E-state index is -3.73. The Morgan fingerprint density at radius 2 is 1.39 bits per heavy atom. The molecule has 0 unspecified atom stereocenters. The average molecular weight is 332 g/mol. The van der Waals surface area contributed by atoms with E-state index in [0.29, 0.717) is 5.69 Å². The van der Waals surface area contributed by atoms with Crippen molar-refractivity contribution >= 4 is 21.6 Å². The highest BCUT2D eigenvalue weighted by Crippen LogP contribution is 2.12. The Kier molecular flexibility index (Phi) is 5.18. The van der Waals surface area contributed by atoms with Crippen LogP contribution in [0.3, 0.4) is 0 Å². The normalized spacial score (nSPS) is 12.7. The molecule has 0 saturated heterocycles. The maximum absolute atomic E-state index is 12.3. The van der Waals surface area contributed by atoms with Gasteiger partial charge >= 0.3 is 0 Å². The molecular formula is C17H20N2O3S. The quantitative estimate of drug-likeness (QED) is 0.884. The van der Waals surface area contributed by atoms with E-state index in [0.717, 1.165) is 11.1 Å². The number of nitrogens with one attached hydrogen (secondary N) is 2. The molecule has 0 aliphatic carbocycles. The van der Waals surface area contributed by atoms with E-state index in [1.54, 1.807) is 24.3 Å². The van der Waals surface area contributed by atoms with Gasteiger partial charge in [-0.2, -0.15) is 4.72 Å². The maximum Gasteiger partial charge on any atom is 0.242 e. The third kappa shape index (κ3) is 4.64. The second-order valence-electron chi connectivity index (χ2n) is 5.51. The predicted octanol–water partition coefficient (Wildman–Crippen LogP) is 2.61. The highest BCUT2D eigenvalue weighted by atomic mass is 32.2. The summed E-state index contributed by atoms with van der Waals surface area (Å²) >= 11 is 0. The van der Waals surface area contributed by atoms with Gasteiger partial charge in [0, 0.05) is 5.69 Å². The van der Waals surface area contributed by atoms with Gasteiger partial charge in [-0.3, -0.25) is 4.79 Å². The van der Waals surface area contributed by atoms with Crippen LogP contribution in [0.15, 0.2) is 53.4 Å². The van der Waals surface area contributed by atoms with Crippen LogP contribution < -0.4 is 10.0 Å². The number of aryl methyl sites for hydroxylation is 2. The first-order valence-electron chi connectivity index (χ1n) is 7.24. The van der Waals surface area contributed by atoms with E-state index >= 15 is 0 Å². The summed E-state index contributed by atoms with van der Waals surface area (Å²) in [6, 6.07) is 12.9. The van der Waals surface area contributed by atoms with Crippen molar-refractivity contribution in [3.8, 4) is 0 Å². The number of amides is 1. The first-order valence-corrected chi connectivity index (χ1v) is 8.73. The molecule has 2 aromatic carbocycles. The van der Waals surface area contributed by atoms with E-state index in [1.807, 2.05) is 26.0 Å². The molecule has 122 valence electrons. The summed E-state index contributed by atoms with van der Waals surface area (Å²) in [5, 5.41) is 2.69. The van der Waals surface area contributed by atoms with Crippen molar-refractivity contribution in [3.05, 3.63) is 59.7 Å². The molecule has 5 nitrogen and oxygen atoms in total. The lowest BCUT2D eigenvalue weighted by Gasteiger charge is -2.14. The summed E-state index contributed by atoms with van der Waals surface area (Å²) in [7, 11) is -3.73. The Morgan fingerprint density at radius 1 is 0.913 bits per heavy atom. The molecule has 0 heterocycles. The fourth-order valence-electron chi connectivity index (χ4n) is 1.96. The third-order valence-electron chi connectivity index (χ3n) is 3.38. The number of rotatable bonds is 5. The monoisotopic (exact) mass is 332 g/mol. The SMILES string of the molecule is Cc1ccc(NC(=O)[C@@H](C)NS(=O)(=O)c2ccc(C)cc2)cc1. The van der Waals surface area contributed by atoms with Crippen molar-refractivity contribution in [2.24, 2.45) is 0 Å². The first-order chi connectivity index (χ1) is 10.8. The van der Waals surface area contributed by atoms with Crippen molar-refractivity contribution in [1.29, 1.82) is 0 Å². The van der Waals surface area contributed by atoms with Gasteiger partial charge in [0.05, 0.1) is 10.9 Å². The summed E-state index contributed by atoms with van der Waals surface area (Å²) in [5.41, 5.74) is 2.67. The zero-order chi connectivity index (χ0) is 17.0. The lowest BCUT2D eigenvalue weighted by Crippen LogP contribution is -2.41. The molecule has 0 saturated carbocycles. The van der Waals surface area contributed by atoms with Crippen molar-refractivity contribution in [1.82, 2.24) is 4.72 Å². The second kappa shape index (κ2) is 6.93. The van der Waals surface area contributed by atoms with Gasteiger partial charge in [-0.15, -0.1) is 0 Å². The first kappa shape index (κ1) is 17.2. The number of anilines is 1. The Morgan fingerprint density at radius 3 is 1.91 bits per heavy atom. The molecule has 0 fully saturated rings. The summed E-state index contributed by atoms with van der Waals surface area (Å²) in [6.07, 6.45) is 0. The molecule has 0 aliphatic heterocycles. The number of benzene rings is 2. The average Bonchev–Trinajstić information content (AvgIpc) is 2.49. The van der Waals surface area contributed by atoms with Gasteiger partial charge in [-0.25, -0.2) is 8.42 Å². The van der Waals surface area contributed by atoms with E-state index < -0.39 is 22.0 Å². The molecule has 0 aromatic heterocycles. The lowest BCUT2D eigenvalue weighted by atomic mass is 10.2. The summed E-state index contributed by atoms with van der Waals surface area (Å²) in [6.45, 7) is 5.33. The number of hydrogen-bond acceptors (Lipinski definition) is 3. The number of carbonyl (C=O) groups excluding carboxylic acids is 1. The highest BCUT2D eigenvalue weighted by molar-refractivity contribution is 7.89. The van der Waals surface area contributed by atoms with E-state index in [4.69, 9.17) is 0 Å². The van der Waals surface area contributed by atoms with Crippen LogP contribution >= 0.6 is 0 Å². The van der Waals surface area contributed by atoms with Crippen LogP contribution in [0.25, 0.3) is 0 Å². The van der Waals surface area contributed by atoms with Crippen molar-refractivity contribution in [3.63, 3.8) is 0 Å². The molecule has 1 amide bonds. The maximum atomic E-state index is 12.3. The molecule has 23 heavy (non-hydrogen) atoms. The molecule has 0 spiro atoms. The van der Waals surface area contributed by atoms with Gasteiger partial charge in [0.25, 0.3) is 0 Å². The van der Waals surface area contributed by atoms with Crippen LogP contribution in [-0.2, 0) is 14.8 Å². The molecule has 0 radical (unpaired) electrons. The van der Waals surface area contributed by atoms with Crippen LogP contribution in [0, 0.1) is 13.8 Å². The van der Waals surface area contributed by atoms with Crippen LogP contribution in [0.5, 0.6) is 0 Å². The second-order valence-corrected chi connectivity index (χ2v) is 7.23. The minimum Gasteiger partial charge on any atom is -0.325 e. The van der Waals surface area contributed by atoms with Gasteiger partial charge in [0.2, 0.25) is 15.9 Å². The molecule has 2 N–H and O–H groups in total. The molecule has 0 aliphatic rings. The summed E-state index contributed by atoms with van der Waals surface area (Å²) in [4.78, 5) is 12.3. The third-order valence-corrected chi connectivity index (χ3v) is 4.93. The van der Waals surface area contributed by atoms with E-state index in [2.05, 4.69) is 10.0 Å². The van der Waals surface area contributed by atoms with Gasteiger partial charge in [-0.1, -0.05) is 35.4 Å². The number of carbonyl (C=O) groups is 1. The Hall–Kier alpha value is -2.18.